The van der Waals surface area contributed by atoms with Gasteiger partial charge in [0.2, 0.25) is 0 Å². The number of carbonyl (C=O) groups is 1. The minimum Gasteiger partial charge on any atom is -0.496 e. The zero-order valence-electron chi connectivity index (χ0n) is 10.5. The van der Waals surface area contributed by atoms with Gasteiger partial charge in [-0.2, -0.15) is 5.10 Å². The lowest BCUT2D eigenvalue weighted by atomic mass is 10.2. The highest BCUT2D eigenvalue weighted by Crippen LogP contribution is 2.25. The number of hydrogen-bond donors (Lipinski definition) is 2. The molecule has 0 radical (unpaired) electrons. The van der Waals surface area contributed by atoms with Gasteiger partial charge in [-0.1, -0.05) is 15.9 Å². The number of halogens is 1. The van der Waals surface area contributed by atoms with Gasteiger partial charge in [0, 0.05) is 11.5 Å². The first-order valence-corrected chi connectivity index (χ1v) is 6.24. The molecule has 0 aliphatic carbocycles. The van der Waals surface area contributed by atoms with E-state index >= 15 is 0 Å². The average Bonchev–Trinajstić information content (AvgIpc) is 2.70. The Morgan fingerprint density at radius 2 is 2.26 bits per heavy atom. The van der Waals surface area contributed by atoms with Crippen molar-refractivity contribution in [1.82, 2.24) is 9.78 Å². The molecule has 0 unspecified atom stereocenters. The van der Waals surface area contributed by atoms with Gasteiger partial charge >= 0.3 is 0 Å². The topological polar surface area (TPSA) is 82.2 Å². The van der Waals surface area contributed by atoms with Crippen LogP contribution in [0.5, 0.6) is 5.75 Å². The van der Waals surface area contributed by atoms with Crippen molar-refractivity contribution >= 4 is 33.3 Å². The van der Waals surface area contributed by atoms with Gasteiger partial charge in [0.1, 0.15) is 5.75 Å². The fraction of sp³-hybridized carbons (Fsp3) is 0.167. The summed E-state index contributed by atoms with van der Waals surface area (Å²) in [5, 5.41) is 6.67. The van der Waals surface area contributed by atoms with Gasteiger partial charge in [-0.3, -0.25) is 9.48 Å². The Morgan fingerprint density at radius 1 is 1.53 bits per heavy atom. The Labute approximate surface area is 118 Å². The number of ether oxygens (including phenoxy) is 1. The molecule has 0 spiro atoms. The van der Waals surface area contributed by atoms with Crippen LogP contribution in [0, 0.1) is 0 Å². The second-order valence-electron chi connectivity index (χ2n) is 3.87. The zero-order valence-corrected chi connectivity index (χ0v) is 12.1. The van der Waals surface area contributed by atoms with E-state index in [1.165, 1.54) is 18.0 Å². The fourth-order valence-electron chi connectivity index (χ4n) is 1.64. The van der Waals surface area contributed by atoms with Crippen molar-refractivity contribution in [3.8, 4) is 5.75 Å². The molecule has 0 bridgehead atoms. The summed E-state index contributed by atoms with van der Waals surface area (Å²) in [6.07, 6.45) is 1.48. The van der Waals surface area contributed by atoms with E-state index in [2.05, 4.69) is 26.3 Å². The number of anilines is 2. The minimum atomic E-state index is -0.306. The number of aryl methyl sites for hydroxylation is 1. The van der Waals surface area contributed by atoms with E-state index in [-0.39, 0.29) is 5.91 Å². The molecule has 0 saturated heterocycles. The number of carbonyl (C=O) groups excluding carboxylic acids is 1. The lowest BCUT2D eigenvalue weighted by molar-refractivity contribution is 0.102. The first kappa shape index (κ1) is 13.4. The van der Waals surface area contributed by atoms with Gasteiger partial charge in [0.25, 0.3) is 5.91 Å². The summed E-state index contributed by atoms with van der Waals surface area (Å²) in [6.45, 7) is 0. The highest BCUT2D eigenvalue weighted by molar-refractivity contribution is 9.10. The van der Waals surface area contributed by atoms with Crippen molar-refractivity contribution < 1.29 is 9.53 Å². The Bertz CT molecular complexity index is 605. The van der Waals surface area contributed by atoms with Crippen LogP contribution in [0.4, 0.5) is 11.5 Å². The Kier molecular flexibility index (Phi) is 3.75. The highest BCUT2D eigenvalue weighted by atomic mass is 79.9. The average molecular weight is 325 g/mol. The van der Waals surface area contributed by atoms with Gasteiger partial charge in [-0.25, -0.2) is 0 Å². The number of nitrogens with zero attached hydrogens (tertiary/aromatic N) is 2. The van der Waals surface area contributed by atoms with E-state index in [9.17, 15) is 4.79 Å². The van der Waals surface area contributed by atoms with E-state index in [1.54, 1.807) is 25.2 Å². The second kappa shape index (κ2) is 5.31. The largest absolute Gasteiger partial charge is 0.496 e. The monoisotopic (exact) mass is 324 g/mol. The van der Waals surface area contributed by atoms with Gasteiger partial charge < -0.3 is 15.8 Å². The zero-order chi connectivity index (χ0) is 14.0. The van der Waals surface area contributed by atoms with E-state index < -0.39 is 0 Å². The molecule has 19 heavy (non-hydrogen) atoms. The summed E-state index contributed by atoms with van der Waals surface area (Å²) in [7, 11) is 3.21. The Balaban J connectivity index is 2.30. The smallest absolute Gasteiger partial charge is 0.260 e. The molecular weight excluding hydrogens is 312 g/mol. The van der Waals surface area contributed by atoms with Crippen molar-refractivity contribution in [2.24, 2.45) is 7.05 Å². The quantitative estimate of drug-likeness (QED) is 0.905. The number of amides is 1. The molecule has 2 aromatic rings. The predicted octanol–water partition coefficient (Wildman–Crippen LogP) is 2.03. The second-order valence-corrected chi connectivity index (χ2v) is 4.79. The van der Waals surface area contributed by atoms with Crippen LogP contribution in [0.15, 0.2) is 28.9 Å². The lowest BCUT2D eigenvalue weighted by Crippen LogP contribution is -2.16. The normalized spacial score (nSPS) is 10.3. The maximum atomic E-state index is 12.2. The Morgan fingerprint density at radius 3 is 2.84 bits per heavy atom. The molecule has 2 rings (SSSR count). The van der Waals surface area contributed by atoms with Crippen LogP contribution in [-0.2, 0) is 7.05 Å². The van der Waals surface area contributed by atoms with Crippen LogP contribution in [0.25, 0.3) is 0 Å². The van der Waals surface area contributed by atoms with Gasteiger partial charge in [0.15, 0.2) is 5.82 Å². The third-order valence-electron chi connectivity index (χ3n) is 2.61. The molecule has 7 heteroatoms. The third kappa shape index (κ3) is 2.70. The number of nitrogen functional groups attached to an aromatic ring is 1. The maximum Gasteiger partial charge on any atom is 0.260 e. The van der Waals surface area contributed by atoms with Crippen molar-refractivity contribution in [2.45, 2.75) is 0 Å². The van der Waals surface area contributed by atoms with Crippen molar-refractivity contribution in [1.29, 1.82) is 0 Å². The van der Waals surface area contributed by atoms with Gasteiger partial charge in [-0.15, -0.1) is 0 Å². The third-order valence-corrected chi connectivity index (χ3v) is 3.10. The summed E-state index contributed by atoms with van der Waals surface area (Å²) in [5.74, 6) is 0.627. The minimum absolute atomic E-state index is 0.306. The molecule has 1 amide bonds. The molecule has 6 nitrogen and oxygen atoms in total. The number of methoxy groups -OCH3 is 1. The standard InChI is InChI=1S/C12H13BrN4O2/c1-17-11(9(14)6-15-17)16-12(18)8-4-3-7(13)5-10(8)19-2/h3-6H,14H2,1-2H3,(H,16,18). The molecule has 0 aliphatic heterocycles. The SMILES string of the molecule is COc1cc(Br)ccc1C(=O)Nc1c(N)cnn1C. The van der Waals surface area contributed by atoms with Gasteiger partial charge in [-0.05, 0) is 18.2 Å². The van der Waals surface area contributed by atoms with Crippen molar-refractivity contribution in [2.75, 3.05) is 18.2 Å². The number of nitrogens with two attached hydrogens (primary N) is 1. The summed E-state index contributed by atoms with van der Waals surface area (Å²) in [6, 6.07) is 5.16. The molecule has 1 aromatic heterocycles. The molecule has 1 aromatic carbocycles. The van der Waals surface area contributed by atoms with Crippen LogP contribution >= 0.6 is 15.9 Å². The first-order chi connectivity index (χ1) is 9.02. The van der Waals surface area contributed by atoms with E-state index in [0.29, 0.717) is 22.8 Å². The maximum absolute atomic E-state index is 12.2. The summed E-state index contributed by atoms with van der Waals surface area (Å²) >= 11 is 3.32. The van der Waals surface area contributed by atoms with Crippen LogP contribution in [0.3, 0.4) is 0 Å². The van der Waals surface area contributed by atoms with Crippen LogP contribution < -0.4 is 15.8 Å². The number of aromatic nitrogens is 2. The predicted molar refractivity (Wildman–Crippen MR) is 76.3 cm³/mol. The molecule has 1 heterocycles. The fourth-order valence-corrected chi connectivity index (χ4v) is 1.98. The number of benzene rings is 1. The first-order valence-electron chi connectivity index (χ1n) is 5.45. The number of nitrogens with one attached hydrogen (secondary N) is 1. The molecule has 0 fully saturated rings. The summed E-state index contributed by atoms with van der Waals surface area (Å²) in [5.41, 5.74) is 6.56. The highest BCUT2D eigenvalue weighted by Gasteiger charge is 2.15. The van der Waals surface area contributed by atoms with Crippen molar-refractivity contribution in [3.63, 3.8) is 0 Å². The van der Waals surface area contributed by atoms with Crippen LogP contribution in [0.1, 0.15) is 10.4 Å². The van der Waals surface area contributed by atoms with Crippen molar-refractivity contribution in [3.05, 3.63) is 34.4 Å². The van der Waals surface area contributed by atoms with E-state index in [0.717, 1.165) is 4.47 Å². The van der Waals surface area contributed by atoms with E-state index in [4.69, 9.17) is 10.5 Å². The molecule has 0 atom stereocenters. The Hall–Kier alpha value is -2.02. The van der Waals surface area contributed by atoms with Gasteiger partial charge in [0.05, 0.1) is 24.6 Å². The molecule has 3 N–H and O–H groups in total. The number of hydrogen-bond acceptors (Lipinski definition) is 4. The molecule has 0 saturated carbocycles. The summed E-state index contributed by atoms with van der Waals surface area (Å²) in [4.78, 5) is 12.2. The van der Waals surface area contributed by atoms with E-state index in [1.807, 2.05) is 0 Å². The molecule has 100 valence electrons. The molecule has 0 aliphatic rings. The van der Waals surface area contributed by atoms with Crippen LogP contribution in [0.2, 0.25) is 0 Å². The number of rotatable bonds is 3. The van der Waals surface area contributed by atoms with Crippen LogP contribution in [-0.4, -0.2) is 22.8 Å². The lowest BCUT2D eigenvalue weighted by Gasteiger charge is -2.10. The molecular formula is C12H13BrN4O2. The summed E-state index contributed by atoms with van der Waals surface area (Å²) < 4.78 is 7.52.